The van der Waals surface area contributed by atoms with E-state index < -0.39 is 20.4 Å². The summed E-state index contributed by atoms with van der Waals surface area (Å²) in [5.74, 6) is 1.35. The van der Waals surface area contributed by atoms with Crippen molar-refractivity contribution < 1.29 is 14.6 Å². The zero-order valence-corrected chi connectivity index (χ0v) is 14.5. The van der Waals surface area contributed by atoms with E-state index in [-0.39, 0.29) is 11.2 Å². The fraction of sp³-hybridized carbons (Fsp3) is 0.118. The molecule has 0 saturated carbocycles. The van der Waals surface area contributed by atoms with E-state index in [1.807, 2.05) is 30.3 Å². The maximum absolute atomic E-state index is 12.3. The van der Waals surface area contributed by atoms with E-state index in [9.17, 15) is 9.90 Å². The van der Waals surface area contributed by atoms with Crippen LogP contribution in [0.2, 0.25) is 0 Å². The van der Waals surface area contributed by atoms with Crippen LogP contribution in [0.3, 0.4) is 0 Å². The van der Waals surface area contributed by atoms with Crippen molar-refractivity contribution in [3.8, 4) is 26.4 Å². The summed E-state index contributed by atoms with van der Waals surface area (Å²) in [4.78, 5) is 12.3. The summed E-state index contributed by atoms with van der Waals surface area (Å²) in [5, 5.41) is 10.5. The number of hydrogen-bond donors (Lipinski definition) is 1. The Kier molecular flexibility index (Phi) is 4.10. The van der Waals surface area contributed by atoms with Gasteiger partial charge in [-0.05, 0) is 0 Å². The standard InChI is InChI=1S/C17H14O4Te/c1-20-11-5-3-10(4-6-11)15-9-14(19)17-13(18)7-12(21-2)8-16(17)22-15/h3-9,18H,1-2H3. The van der Waals surface area contributed by atoms with Crippen LogP contribution in [0.1, 0.15) is 0 Å². The summed E-state index contributed by atoms with van der Waals surface area (Å²) in [6.45, 7) is 0. The summed E-state index contributed by atoms with van der Waals surface area (Å²) in [5.41, 5.74) is 0.863. The fourth-order valence-electron chi connectivity index (χ4n) is 2.26. The molecule has 0 unspecified atom stereocenters. The van der Waals surface area contributed by atoms with Gasteiger partial charge >= 0.3 is 137 Å². The van der Waals surface area contributed by atoms with E-state index in [4.69, 9.17) is 9.47 Å². The van der Waals surface area contributed by atoms with E-state index in [1.165, 1.54) is 6.07 Å². The van der Waals surface area contributed by atoms with Gasteiger partial charge in [-0.1, -0.05) is 0 Å². The number of phenols is 1. The Morgan fingerprint density at radius 2 is 1.64 bits per heavy atom. The van der Waals surface area contributed by atoms with Crippen LogP contribution in [0.5, 0.6) is 17.2 Å². The first-order chi connectivity index (χ1) is 10.6. The van der Waals surface area contributed by atoms with Crippen LogP contribution in [0.4, 0.5) is 0 Å². The third kappa shape index (κ3) is 2.70. The van der Waals surface area contributed by atoms with E-state index in [1.54, 1.807) is 20.3 Å². The van der Waals surface area contributed by atoms with E-state index in [0.29, 0.717) is 11.1 Å². The molecule has 0 aliphatic carbocycles. The predicted molar refractivity (Wildman–Crippen MR) is 87.4 cm³/mol. The van der Waals surface area contributed by atoms with Gasteiger partial charge in [0.15, 0.2) is 0 Å². The molecule has 1 aromatic heterocycles. The Balaban J connectivity index is 2.20. The number of fused-ring (bicyclic) bond motifs is 1. The monoisotopic (exact) mass is 412 g/mol. The van der Waals surface area contributed by atoms with Crippen LogP contribution >= 0.6 is 0 Å². The number of methoxy groups -OCH3 is 2. The SMILES string of the molecule is COc1ccc(-c2cc(=O)c3c(O)cc(OC)cc3[te]2)cc1. The molecule has 5 heteroatoms. The van der Waals surface area contributed by atoms with Gasteiger partial charge < -0.3 is 0 Å². The summed E-state index contributed by atoms with van der Waals surface area (Å²) in [6.07, 6.45) is 0. The minimum atomic E-state index is -0.778. The third-order valence-electron chi connectivity index (χ3n) is 3.39. The van der Waals surface area contributed by atoms with Crippen LogP contribution in [0.25, 0.3) is 17.9 Å². The van der Waals surface area contributed by atoms with Crippen molar-refractivity contribution in [1.29, 1.82) is 0 Å². The quantitative estimate of drug-likeness (QED) is 0.676. The minimum absolute atomic E-state index is 0.00511. The van der Waals surface area contributed by atoms with Crippen LogP contribution < -0.4 is 14.9 Å². The van der Waals surface area contributed by atoms with Gasteiger partial charge in [-0.3, -0.25) is 0 Å². The molecular weight excluding hydrogens is 396 g/mol. The molecule has 1 heterocycles. The number of phenolic OH excluding ortho intramolecular Hbond substituents is 1. The predicted octanol–water partition coefficient (Wildman–Crippen LogP) is 2.65. The van der Waals surface area contributed by atoms with Crippen molar-refractivity contribution >= 4 is 29.2 Å². The second-order valence-corrected chi connectivity index (χ2v) is 7.82. The Labute approximate surface area is 137 Å². The van der Waals surface area contributed by atoms with Gasteiger partial charge in [0.25, 0.3) is 0 Å². The number of rotatable bonds is 3. The first-order valence-electron chi connectivity index (χ1n) is 6.61. The normalized spacial score (nSPS) is 10.6. The number of aromatic hydroxyl groups is 1. The molecule has 0 saturated heterocycles. The molecule has 0 fully saturated rings. The fourth-order valence-corrected chi connectivity index (χ4v) is 5.51. The maximum atomic E-state index is 12.3. The second-order valence-electron chi connectivity index (χ2n) is 4.72. The zero-order valence-electron chi connectivity index (χ0n) is 12.1. The summed E-state index contributed by atoms with van der Waals surface area (Å²) < 4.78 is 12.3. The van der Waals surface area contributed by atoms with Gasteiger partial charge in [0.2, 0.25) is 0 Å². The Hall–Kier alpha value is -1.96. The van der Waals surface area contributed by atoms with Crippen LogP contribution in [-0.4, -0.2) is 39.8 Å². The van der Waals surface area contributed by atoms with E-state index in [0.717, 1.165) is 18.3 Å². The summed E-state index contributed by atoms with van der Waals surface area (Å²) in [7, 11) is 3.17. The molecule has 22 heavy (non-hydrogen) atoms. The van der Waals surface area contributed by atoms with E-state index in [2.05, 4.69) is 0 Å². The molecule has 0 amide bonds. The first-order valence-corrected chi connectivity index (χ1v) is 8.94. The Morgan fingerprint density at radius 1 is 0.955 bits per heavy atom. The van der Waals surface area contributed by atoms with Crippen molar-refractivity contribution in [1.82, 2.24) is 0 Å². The number of benzene rings is 2. The van der Waals surface area contributed by atoms with Crippen LogP contribution in [-0.2, 0) is 0 Å². The van der Waals surface area contributed by atoms with Crippen molar-refractivity contribution in [2.45, 2.75) is 0 Å². The van der Waals surface area contributed by atoms with Crippen LogP contribution in [0, 0.1) is 0 Å². The zero-order chi connectivity index (χ0) is 15.7. The van der Waals surface area contributed by atoms with Crippen molar-refractivity contribution in [3.05, 3.63) is 52.7 Å². The molecular formula is C17H14O4Te. The molecule has 4 nitrogen and oxygen atoms in total. The van der Waals surface area contributed by atoms with Gasteiger partial charge in [-0.15, -0.1) is 0 Å². The number of ether oxygens (including phenoxy) is 2. The topological polar surface area (TPSA) is 55.8 Å². The molecule has 0 radical (unpaired) electrons. The molecule has 2 aromatic carbocycles. The van der Waals surface area contributed by atoms with Crippen LogP contribution in [0.15, 0.2) is 47.3 Å². The molecule has 1 N–H and O–H groups in total. The average molecular weight is 410 g/mol. The Morgan fingerprint density at radius 3 is 2.27 bits per heavy atom. The number of hydrogen-bond acceptors (Lipinski definition) is 4. The molecule has 0 bridgehead atoms. The van der Waals surface area contributed by atoms with Crippen molar-refractivity contribution in [2.24, 2.45) is 0 Å². The first kappa shape index (κ1) is 15.0. The van der Waals surface area contributed by atoms with Crippen molar-refractivity contribution in [3.63, 3.8) is 0 Å². The Bertz CT molecular complexity index is 882. The van der Waals surface area contributed by atoms with Gasteiger partial charge in [0, 0.05) is 0 Å². The van der Waals surface area contributed by atoms with Gasteiger partial charge in [-0.25, -0.2) is 0 Å². The summed E-state index contributed by atoms with van der Waals surface area (Å²) in [6, 6.07) is 12.6. The van der Waals surface area contributed by atoms with Gasteiger partial charge in [0.05, 0.1) is 0 Å². The third-order valence-corrected chi connectivity index (χ3v) is 6.58. The molecule has 0 atom stereocenters. The molecule has 112 valence electrons. The molecule has 0 aliphatic rings. The van der Waals surface area contributed by atoms with Crippen molar-refractivity contribution in [2.75, 3.05) is 14.2 Å². The molecule has 3 rings (SSSR count). The van der Waals surface area contributed by atoms with E-state index >= 15 is 0 Å². The second kappa shape index (κ2) is 6.04. The molecule has 0 aliphatic heterocycles. The van der Waals surface area contributed by atoms with Gasteiger partial charge in [0.1, 0.15) is 0 Å². The van der Waals surface area contributed by atoms with Gasteiger partial charge in [-0.2, -0.15) is 0 Å². The average Bonchev–Trinajstić information content (AvgIpc) is 2.54. The molecule has 0 spiro atoms. The molecule has 3 aromatic rings. The summed E-state index contributed by atoms with van der Waals surface area (Å²) >= 11 is -0.778.